The van der Waals surface area contributed by atoms with Gasteiger partial charge in [0.1, 0.15) is 5.75 Å². The van der Waals surface area contributed by atoms with Crippen LogP contribution in [-0.4, -0.2) is 7.11 Å². The van der Waals surface area contributed by atoms with Gasteiger partial charge in [0, 0.05) is 9.75 Å². The predicted octanol–water partition coefficient (Wildman–Crippen LogP) is 5.30. The van der Waals surface area contributed by atoms with E-state index < -0.39 is 0 Å². The highest BCUT2D eigenvalue weighted by atomic mass is 35.5. The first-order valence-corrected chi connectivity index (χ1v) is 7.35. The van der Waals surface area contributed by atoms with E-state index in [0.29, 0.717) is 10.8 Å². The van der Waals surface area contributed by atoms with Crippen LogP contribution in [0.3, 0.4) is 0 Å². The van der Waals surface area contributed by atoms with Gasteiger partial charge >= 0.3 is 0 Å². The van der Waals surface area contributed by atoms with E-state index in [1.54, 1.807) is 18.4 Å². The zero-order valence-corrected chi connectivity index (χ0v) is 12.6. The molecule has 2 aromatic rings. The van der Waals surface area contributed by atoms with Crippen LogP contribution in [0.4, 0.5) is 0 Å². The molecule has 18 heavy (non-hydrogen) atoms. The number of hydrogen-bond acceptors (Lipinski definition) is 2. The molecule has 2 rings (SSSR count). The summed E-state index contributed by atoms with van der Waals surface area (Å²) >= 11 is 14.3. The Morgan fingerprint density at radius 1 is 1.28 bits per heavy atom. The molecule has 0 aliphatic carbocycles. The highest BCUT2D eigenvalue weighted by Gasteiger charge is 2.14. The fourth-order valence-corrected chi connectivity index (χ4v) is 3.29. The molecule has 1 unspecified atom stereocenters. The second-order valence-corrected chi connectivity index (χ2v) is 5.96. The Bertz CT molecular complexity index is 536. The number of benzene rings is 1. The van der Waals surface area contributed by atoms with E-state index in [0.717, 1.165) is 16.9 Å². The second-order valence-electron chi connectivity index (χ2n) is 3.91. The summed E-state index contributed by atoms with van der Waals surface area (Å²) in [6, 6.07) is 9.87. The van der Waals surface area contributed by atoms with Crippen molar-refractivity contribution < 1.29 is 4.74 Å². The van der Waals surface area contributed by atoms with Crippen LogP contribution in [0.2, 0.25) is 5.02 Å². The molecule has 1 heterocycles. The molecule has 0 fully saturated rings. The lowest BCUT2D eigenvalue weighted by molar-refractivity contribution is 0.415. The summed E-state index contributed by atoms with van der Waals surface area (Å²) in [6.45, 7) is 2.14. The van der Waals surface area contributed by atoms with Crippen molar-refractivity contribution in [3.63, 3.8) is 0 Å². The van der Waals surface area contributed by atoms with Crippen LogP contribution in [-0.2, 0) is 6.42 Å². The predicted molar refractivity (Wildman–Crippen MR) is 79.4 cm³/mol. The van der Waals surface area contributed by atoms with Crippen LogP contribution in [0.1, 0.15) is 27.6 Å². The van der Waals surface area contributed by atoms with Gasteiger partial charge in [-0.25, -0.2) is 0 Å². The average Bonchev–Trinajstić information content (AvgIpc) is 2.86. The van der Waals surface area contributed by atoms with Crippen LogP contribution in [0.15, 0.2) is 30.3 Å². The minimum atomic E-state index is -0.154. The Kier molecular flexibility index (Phi) is 4.55. The first-order chi connectivity index (χ1) is 8.65. The molecule has 0 amide bonds. The molecule has 0 aliphatic rings. The maximum Gasteiger partial charge on any atom is 0.137 e. The summed E-state index contributed by atoms with van der Waals surface area (Å²) < 4.78 is 5.13. The van der Waals surface area contributed by atoms with Crippen molar-refractivity contribution in [1.82, 2.24) is 0 Å². The molecule has 0 saturated heterocycles. The lowest BCUT2D eigenvalue weighted by Crippen LogP contribution is -1.91. The number of aryl methyl sites for hydroxylation is 1. The lowest BCUT2D eigenvalue weighted by atomic mass is 10.1. The molecule has 4 heteroatoms. The molecular weight excluding hydrogens is 287 g/mol. The number of ether oxygens (including phenoxy) is 1. The van der Waals surface area contributed by atoms with Crippen molar-refractivity contribution in [3.8, 4) is 5.75 Å². The molecule has 1 aromatic heterocycles. The van der Waals surface area contributed by atoms with Crippen molar-refractivity contribution >= 4 is 34.5 Å². The van der Waals surface area contributed by atoms with E-state index in [2.05, 4.69) is 19.1 Å². The third-order valence-electron chi connectivity index (χ3n) is 2.75. The van der Waals surface area contributed by atoms with Crippen molar-refractivity contribution in [3.05, 3.63) is 50.7 Å². The number of halogens is 2. The van der Waals surface area contributed by atoms with Crippen molar-refractivity contribution in [1.29, 1.82) is 0 Å². The van der Waals surface area contributed by atoms with E-state index in [-0.39, 0.29) is 5.38 Å². The average molecular weight is 301 g/mol. The van der Waals surface area contributed by atoms with Gasteiger partial charge in [-0.3, -0.25) is 0 Å². The molecule has 0 spiro atoms. The van der Waals surface area contributed by atoms with Crippen LogP contribution in [0, 0.1) is 0 Å². The van der Waals surface area contributed by atoms with Crippen LogP contribution < -0.4 is 4.74 Å². The molecule has 0 N–H and O–H groups in total. The molecule has 1 aromatic carbocycles. The Morgan fingerprint density at radius 3 is 2.61 bits per heavy atom. The number of thiophene rings is 1. The summed E-state index contributed by atoms with van der Waals surface area (Å²) in [5.74, 6) is 0.671. The fourth-order valence-electron chi connectivity index (χ4n) is 1.73. The van der Waals surface area contributed by atoms with Gasteiger partial charge in [0.05, 0.1) is 17.5 Å². The van der Waals surface area contributed by atoms with E-state index in [9.17, 15) is 0 Å². The quantitative estimate of drug-likeness (QED) is 0.696. The second kappa shape index (κ2) is 5.96. The first kappa shape index (κ1) is 13.7. The molecule has 0 saturated carbocycles. The molecule has 0 aliphatic heterocycles. The van der Waals surface area contributed by atoms with E-state index in [1.807, 2.05) is 18.2 Å². The van der Waals surface area contributed by atoms with Crippen molar-refractivity contribution in [2.24, 2.45) is 0 Å². The Hall–Kier alpha value is -0.700. The molecule has 96 valence electrons. The number of methoxy groups -OCH3 is 1. The van der Waals surface area contributed by atoms with E-state index in [1.165, 1.54) is 4.88 Å². The van der Waals surface area contributed by atoms with E-state index >= 15 is 0 Å². The maximum absolute atomic E-state index is 6.48. The Balaban J connectivity index is 2.27. The zero-order chi connectivity index (χ0) is 13.1. The van der Waals surface area contributed by atoms with Gasteiger partial charge < -0.3 is 4.74 Å². The van der Waals surface area contributed by atoms with E-state index in [4.69, 9.17) is 27.9 Å². The lowest BCUT2D eigenvalue weighted by Gasteiger charge is -2.10. The molecule has 0 bridgehead atoms. The summed E-state index contributed by atoms with van der Waals surface area (Å²) in [6.07, 6.45) is 1.04. The highest BCUT2D eigenvalue weighted by molar-refractivity contribution is 7.12. The van der Waals surface area contributed by atoms with Crippen LogP contribution >= 0.6 is 34.5 Å². The minimum Gasteiger partial charge on any atom is -0.495 e. The molecule has 1 atom stereocenters. The van der Waals surface area contributed by atoms with Crippen molar-refractivity contribution in [2.75, 3.05) is 7.11 Å². The van der Waals surface area contributed by atoms with Gasteiger partial charge in [-0.2, -0.15) is 0 Å². The summed E-state index contributed by atoms with van der Waals surface area (Å²) in [5, 5.41) is 0.437. The van der Waals surface area contributed by atoms with Crippen molar-refractivity contribution in [2.45, 2.75) is 18.7 Å². The fraction of sp³-hybridized carbons (Fsp3) is 0.286. The van der Waals surface area contributed by atoms with Crippen LogP contribution in [0.5, 0.6) is 5.75 Å². The largest absolute Gasteiger partial charge is 0.495 e. The number of rotatable bonds is 4. The Labute approximate surface area is 121 Å². The van der Waals surface area contributed by atoms with Gasteiger partial charge in [0.15, 0.2) is 0 Å². The zero-order valence-electron chi connectivity index (χ0n) is 10.2. The Morgan fingerprint density at radius 2 is 2.06 bits per heavy atom. The van der Waals surface area contributed by atoms with Crippen LogP contribution in [0.25, 0.3) is 0 Å². The third-order valence-corrected chi connectivity index (χ3v) is 4.96. The molecular formula is C14H14Cl2OS. The smallest absolute Gasteiger partial charge is 0.137 e. The standard InChI is InChI=1S/C14H14Cl2OS/c1-3-10-5-7-13(18-10)14(16)9-4-6-12(17-2)11(15)8-9/h4-8,14H,3H2,1-2H3. The van der Waals surface area contributed by atoms with Gasteiger partial charge in [-0.1, -0.05) is 24.6 Å². The maximum atomic E-state index is 6.48. The summed E-state index contributed by atoms with van der Waals surface area (Å²) in [7, 11) is 1.60. The highest BCUT2D eigenvalue weighted by Crippen LogP contribution is 2.36. The van der Waals surface area contributed by atoms with Gasteiger partial charge in [-0.05, 0) is 36.2 Å². The summed E-state index contributed by atoms with van der Waals surface area (Å²) in [5.41, 5.74) is 0.993. The topological polar surface area (TPSA) is 9.23 Å². The molecule has 1 nitrogen and oxygen atoms in total. The minimum absolute atomic E-state index is 0.154. The van der Waals surface area contributed by atoms with Gasteiger partial charge in [0.2, 0.25) is 0 Å². The molecule has 0 radical (unpaired) electrons. The number of hydrogen-bond donors (Lipinski definition) is 0. The SMILES string of the molecule is CCc1ccc(C(Cl)c2ccc(OC)c(Cl)c2)s1. The van der Waals surface area contributed by atoms with Gasteiger partial charge in [-0.15, -0.1) is 22.9 Å². The number of alkyl halides is 1. The third kappa shape index (κ3) is 2.82. The monoisotopic (exact) mass is 300 g/mol. The van der Waals surface area contributed by atoms with Gasteiger partial charge in [0.25, 0.3) is 0 Å². The first-order valence-electron chi connectivity index (χ1n) is 5.71. The normalized spacial score (nSPS) is 12.4. The summed E-state index contributed by atoms with van der Waals surface area (Å²) in [4.78, 5) is 2.49.